The Labute approximate surface area is 123 Å². The molecule has 0 amide bonds. The van der Waals surface area contributed by atoms with Crippen LogP contribution in [0.3, 0.4) is 0 Å². The maximum Gasteiger partial charge on any atom is 0.280 e. The summed E-state index contributed by atoms with van der Waals surface area (Å²) < 4.78 is 29.6. The molecule has 7 heteroatoms. The van der Waals surface area contributed by atoms with E-state index in [1.54, 1.807) is 10.4 Å². The van der Waals surface area contributed by atoms with E-state index in [0.29, 0.717) is 23.3 Å². The highest BCUT2D eigenvalue weighted by Gasteiger charge is 2.28. The van der Waals surface area contributed by atoms with Crippen molar-refractivity contribution in [3.05, 3.63) is 21.3 Å². The van der Waals surface area contributed by atoms with Gasteiger partial charge in [0.25, 0.3) is 10.2 Å². The summed E-state index contributed by atoms with van der Waals surface area (Å²) in [6, 6.07) is 3.40. The molecular weight excluding hydrogens is 304 g/mol. The van der Waals surface area contributed by atoms with Gasteiger partial charge in [-0.3, -0.25) is 0 Å². The van der Waals surface area contributed by atoms with Crippen molar-refractivity contribution in [3.63, 3.8) is 0 Å². The smallest absolute Gasteiger partial charge is 0.195 e. The largest absolute Gasteiger partial charge is 0.280 e. The molecule has 1 N–H and O–H groups in total. The molecule has 1 aromatic rings. The molecule has 2 atom stereocenters. The van der Waals surface area contributed by atoms with Gasteiger partial charge in [0.05, 0.1) is 10.4 Å². The van der Waals surface area contributed by atoms with Gasteiger partial charge in [0, 0.05) is 18.0 Å². The molecule has 1 aliphatic heterocycles. The van der Waals surface area contributed by atoms with Crippen molar-refractivity contribution in [1.29, 1.82) is 0 Å². The van der Waals surface area contributed by atoms with Gasteiger partial charge in [-0.25, -0.2) is 0 Å². The summed E-state index contributed by atoms with van der Waals surface area (Å²) in [7, 11) is -3.41. The van der Waals surface area contributed by atoms with Crippen LogP contribution in [0.5, 0.6) is 0 Å². The van der Waals surface area contributed by atoms with Crippen LogP contribution in [0.15, 0.2) is 12.1 Å². The van der Waals surface area contributed by atoms with E-state index >= 15 is 0 Å². The van der Waals surface area contributed by atoms with Crippen LogP contribution < -0.4 is 4.72 Å². The number of nitrogens with zero attached hydrogens (tertiary/aromatic N) is 1. The highest BCUT2D eigenvalue weighted by atomic mass is 35.5. The predicted molar refractivity (Wildman–Crippen MR) is 79.8 cm³/mol. The third kappa shape index (κ3) is 3.92. The molecule has 0 aromatic carbocycles. The molecule has 19 heavy (non-hydrogen) atoms. The highest BCUT2D eigenvalue weighted by molar-refractivity contribution is 7.87. The standard InChI is InChI=1S/C12H19ClN2O2S2/c1-9-4-3-7-15(8-9)19(16,17)14-10(2)11-5-6-12(13)18-11/h5-6,9-10,14H,3-4,7-8H2,1-2H3. The molecule has 1 aromatic heterocycles. The summed E-state index contributed by atoms with van der Waals surface area (Å²) in [5.41, 5.74) is 0. The number of thiophene rings is 1. The van der Waals surface area contributed by atoms with Gasteiger partial charge in [0.15, 0.2) is 0 Å². The minimum absolute atomic E-state index is 0.250. The van der Waals surface area contributed by atoms with Crippen LogP contribution >= 0.6 is 22.9 Å². The molecule has 4 nitrogen and oxygen atoms in total. The van der Waals surface area contributed by atoms with Gasteiger partial charge < -0.3 is 0 Å². The minimum Gasteiger partial charge on any atom is -0.195 e. The lowest BCUT2D eigenvalue weighted by atomic mass is 10.0. The molecular formula is C12H19ClN2O2S2. The average Bonchev–Trinajstić information content (AvgIpc) is 2.75. The Morgan fingerprint density at radius 2 is 2.26 bits per heavy atom. The quantitative estimate of drug-likeness (QED) is 0.926. The number of hydrogen-bond donors (Lipinski definition) is 1. The van der Waals surface area contributed by atoms with Gasteiger partial charge in [-0.1, -0.05) is 18.5 Å². The predicted octanol–water partition coefficient (Wildman–Crippen LogP) is 3.03. The number of piperidine rings is 1. The first-order valence-corrected chi connectivity index (χ1v) is 9.04. The number of nitrogens with one attached hydrogen (secondary N) is 1. The van der Waals surface area contributed by atoms with Crippen molar-refractivity contribution < 1.29 is 8.42 Å². The molecule has 1 saturated heterocycles. The first-order valence-electron chi connectivity index (χ1n) is 6.41. The number of hydrogen-bond acceptors (Lipinski definition) is 3. The van der Waals surface area contributed by atoms with Crippen molar-refractivity contribution in [2.24, 2.45) is 5.92 Å². The molecule has 0 saturated carbocycles. The van der Waals surface area contributed by atoms with Gasteiger partial charge in [-0.2, -0.15) is 17.4 Å². The maximum atomic E-state index is 12.3. The monoisotopic (exact) mass is 322 g/mol. The third-order valence-corrected chi connectivity index (χ3v) is 6.38. The molecule has 0 radical (unpaired) electrons. The molecule has 0 bridgehead atoms. The minimum atomic E-state index is -3.41. The Balaban J connectivity index is 2.04. The van der Waals surface area contributed by atoms with Gasteiger partial charge in [0.1, 0.15) is 0 Å². The second-order valence-corrected chi connectivity index (χ2v) is 8.54. The van der Waals surface area contributed by atoms with E-state index < -0.39 is 10.2 Å². The topological polar surface area (TPSA) is 49.4 Å². The lowest BCUT2D eigenvalue weighted by molar-refractivity contribution is 0.277. The molecule has 1 aliphatic rings. The van der Waals surface area contributed by atoms with E-state index in [9.17, 15) is 8.42 Å². The average molecular weight is 323 g/mol. The van der Waals surface area contributed by atoms with Crippen molar-refractivity contribution in [1.82, 2.24) is 9.03 Å². The Kier molecular flexibility index (Phi) is 4.89. The fourth-order valence-corrected chi connectivity index (χ4v) is 4.96. The van der Waals surface area contributed by atoms with Crippen LogP contribution in [-0.2, 0) is 10.2 Å². The van der Waals surface area contributed by atoms with Gasteiger partial charge in [-0.15, -0.1) is 11.3 Å². The van der Waals surface area contributed by atoms with Crippen LogP contribution in [0.2, 0.25) is 4.34 Å². The highest BCUT2D eigenvalue weighted by Crippen LogP contribution is 2.27. The first kappa shape index (κ1) is 15.3. The fraction of sp³-hybridized carbons (Fsp3) is 0.667. The Hall–Kier alpha value is -0.140. The van der Waals surface area contributed by atoms with E-state index in [1.807, 2.05) is 13.0 Å². The number of rotatable bonds is 4. The van der Waals surface area contributed by atoms with Gasteiger partial charge >= 0.3 is 0 Å². The molecule has 2 unspecified atom stereocenters. The van der Waals surface area contributed by atoms with Gasteiger partial charge in [-0.05, 0) is 37.8 Å². The van der Waals surface area contributed by atoms with Crippen LogP contribution in [0.25, 0.3) is 0 Å². The van der Waals surface area contributed by atoms with E-state index in [-0.39, 0.29) is 6.04 Å². The zero-order valence-electron chi connectivity index (χ0n) is 11.1. The van der Waals surface area contributed by atoms with Gasteiger partial charge in [0.2, 0.25) is 0 Å². The zero-order valence-corrected chi connectivity index (χ0v) is 13.5. The van der Waals surface area contributed by atoms with E-state index in [1.165, 1.54) is 11.3 Å². The molecule has 0 aliphatic carbocycles. The summed E-state index contributed by atoms with van der Waals surface area (Å²) in [4.78, 5) is 0.929. The zero-order chi connectivity index (χ0) is 14.0. The van der Waals surface area contributed by atoms with Crippen molar-refractivity contribution >= 4 is 33.1 Å². The maximum absolute atomic E-state index is 12.3. The van der Waals surface area contributed by atoms with Crippen LogP contribution in [0.4, 0.5) is 0 Å². The van der Waals surface area contributed by atoms with Crippen LogP contribution in [0, 0.1) is 5.92 Å². The van der Waals surface area contributed by atoms with Crippen molar-refractivity contribution in [3.8, 4) is 0 Å². The lowest BCUT2D eigenvalue weighted by Gasteiger charge is -2.30. The third-order valence-electron chi connectivity index (χ3n) is 3.31. The molecule has 108 valence electrons. The Morgan fingerprint density at radius 3 is 2.84 bits per heavy atom. The molecule has 1 fully saturated rings. The Morgan fingerprint density at radius 1 is 1.53 bits per heavy atom. The summed E-state index contributed by atoms with van der Waals surface area (Å²) in [5.74, 6) is 0.428. The summed E-state index contributed by atoms with van der Waals surface area (Å²) in [5, 5.41) is 0. The second kappa shape index (κ2) is 6.10. The Bertz CT molecular complexity index is 530. The molecule has 2 rings (SSSR count). The normalized spacial score (nSPS) is 23.4. The van der Waals surface area contributed by atoms with Crippen LogP contribution in [-0.4, -0.2) is 25.8 Å². The lowest BCUT2D eigenvalue weighted by Crippen LogP contribution is -2.46. The summed E-state index contributed by atoms with van der Waals surface area (Å²) >= 11 is 7.28. The molecule has 2 heterocycles. The van der Waals surface area contributed by atoms with E-state index in [2.05, 4.69) is 11.6 Å². The van der Waals surface area contributed by atoms with E-state index in [0.717, 1.165) is 17.7 Å². The fourth-order valence-electron chi connectivity index (χ4n) is 2.28. The van der Waals surface area contributed by atoms with Crippen LogP contribution in [0.1, 0.15) is 37.6 Å². The van der Waals surface area contributed by atoms with Crippen molar-refractivity contribution in [2.75, 3.05) is 13.1 Å². The number of halogens is 1. The molecule has 0 spiro atoms. The summed E-state index contributed by atoms with van der Waals surface area (Å²) in [6.07, 6.45) is 2.03. The summed E-state index contributed by atoms with van der Waals surface area (Å²) in [6.45, 7) is 5.14. The second-order valence-electron chi connectivity index (χ2n) is 5.09. The van der Waals surface area contributed by atoms with E-state index in [4.69, 9.17) is 11.6 Å². The van der Waals surface area contributed by atoms with Crippen molar-refractivity contribution in [2.45, 2.75) is 32.7 Å². The SMILES string of the molecule is CC1CCCN(S(=O)(=O)NC(C)c2ccc(Cl)s2)C1. The first-order chi connectivity index (χ1) is 8.88.